The van der Waals surface area contributed by atoms with E-state index in [0.29, 0.717) is 6.04 Å². The number of nitrogens with one attached hydrogen (secondary N) is 1. The van der Waals surface area contributed by atoms with E-state index < -0.39 is 0 Å². The molecule has 0 aliphatic rings. The van der Waals surface area contributed by atoms with Gasteiger partial charge in [0.15, 0.2) is 0 Å². The van der Waals surface area contributed by atoms with Crippen molar-refractivity contribution in [2.75, 3.05) is 0 Å². The third kappa shape index (κ3) is 3.37. The maximum atomic E-state index is 4.39. The van der Waals surface area contributed by atoms with Gasteiger partial charge in [0.25, 0.3) is 0 Å². The van der Waals surface area contributed by atoms with Crippen LogP contribution in [-0.4, -0.2) is 14.8 Å². The summed E-state index contributed by atoms with van der Waals surface area (Å²) in [7, 11) is 0. The smallest absolute Gasteiger partial charge is 0.109 e. The monoisotopic (exact) mass is 298 g/mol. The van der Waals surface area contributed by atoms with E-state index in [2.05, 4.69) is 46.6 Å². The predicted molar refractivity (Wildman–Crippen MR) is 85.5 cm³/mol. The van der Waals surface area contributed by atoms with Crippen molar-refractivity contribution >= 4 is 11.3 Å². The van der Waals surface area contributed by atoms with Crippen LogP contribution < -0.4 is 5.32 Å². The van der Waals surface area contributed by atoms with Gasteiger partial charge in [-0.25, -0.2) is 9.67 Å². The van der Waals surface area contributed by atoms with Gasteiger partial charge >= 0.3 is 0 Å². The standard InChI is InChI=1S/C16H18N4S/c1-2-15(16-17-9-11-21-16)18-12-13-4-6-14(7-5-13)20-10-3-8-19-20/h3-11,15,18H,2,12H2,1H3. The summed E-state index contributed by atoms with van der Waals surface area (Å²) < 4.78 is 1.86. The van der Waals surface area contributed by atoms with Gasteiger partial charge in [-0.3, -0.25) is 0 Å². The molecule has 3 aromatic rings. The fourth-order valence-electron chi connectivity index (χ4n) is 2.24. The van der Waals surface area contributed by atoms with Gasteiger partial charge in [-0.1, -0.05) is 19.1 Å². The van der Waals surface area contributed by atoms with Crippen LogP contribution >= 0.6 is 11.3 Å². The molecule has 3 rings (SSSR count). The number of nitrogens with zero attached hydrogens (tertiary/aromatic N) is 3. The van der Waals surface area contributed by atoms with Crippen LogP contribution in [0.5, 0.6) is 0 Å². The highest BCUT2D eigenvalue weighted by molar-refractivity contribution is 7.09. The number of benzene rings is 1. The Morgan fingerprint density at radius 3 is 2.71 bits per heavy atom. The van der Waals surface area contributed by atoms with Crippen molar-refractivity contribution in [3.05, 3.63) is 64.9 Å². The number of hydrogen-bond donors (Lipinski definition) is 1. The van der Waals surface area contributed by atoms with Gasteiger partial charge in [0, 0.05) is 30.5 Å². The third-order valence-corrected chi connectivity index (χ3v) is 4.30. The van der Waals surface area contributed by atoms with Gasteiger partial charge in [-0.15, -0.1) is 11.3 Å². The van der Waals surface area contributed by atoms with E-state index in [1.165, 1.54) is 5.56 Å². The summed E-state index contributed by atoms with van der Waals surface area (Å²) in [6.07, 6.45) is 6.64. The van der Waals surface area contributed by atoms with Gasteiger partial charge < -0.3 is 5.32 Å². The van der Waals surface area contributed by atoms with Crippen molar-refractivity contribution in [2.45, 2.75) is 25.9 Å². The molecule has 1 atom stereocenters. The minimum absolute atomic E-state index is 0.329. The van der Waals surface area contributed by atoms with Crippen LogP contribution in [0.3, 0.4) is 0 Å². The third-order valence-electron chi connectivity index (χ3n) is 3.42. The fraction of sp³-hybridized carbons (Fsp3) is 0.250. The number of aromatic nitrogens is 3. The Hall–Kier alpha value is -1.98. The van der Waals surface area contributed by atoms with Crippen LogP contribution in [0.15, 0.2) is 54.3 Å². The van der Waals surface area contributed by atoms with Gasteiger partial charge in [-0.05, 0) is 30.2 Å². The Labute approximate surface area is 128 Å². The molecule has 2 heterocycles. The zero-order valence-corrected chi connectivity index (χ0v) is 12.8. The van der Waals surface area contributed by atoms with Crippen LogP contribution in [0.2, 0.25) is 0 Å². The average Bonchev–Trinajstić information content (AvgIpc) is 3.22. The van der Waals surface area contributed by atoms with E-state index in [-0.39, 0.29) is 0 Å². The Balaban J connectivity index is 1.63. The zero-order chi connectivity index (χ0) is 14.5. The highest BCUT2D eigenvalue weighted by atomic mass is 32.1. The molecule has 0 saturated carbocycles. The maximum Gasteiger partial charge on any atom is 0.109 e. The van der Waals surface area contributed by atoms with Crippen molar-refractivity contribution in [1.29, 1.82) is 0 Å². The first kappa shape index (κ1) is 14.0. The molecule has 1 unspecified atom stereocenters. The van der Waals surface area contributed by atoms with Crippen molar-refractivity contribution in [1.82, 2.24) is 20.1 Å². The maximum absolute atomic E-state index is 4.39. The zero-order valence-electron chi connectivity index (χ0n) is 11.9. The first-order valence-corrected chi connectivity index (χ1v) is 7.96. The van der Waals surface area contributed by atoms with Crippen LogP contribution in [0, 0.1) is 0 Å². The first-order valence-electron chi connectivity index (χ1n) is 7.08. The summed E-state index contributed by atoms with van der Waals surface area (Å²) in [5.74, 6) is 0. The Bertz CT molecular complexity index is 644. The van der Waals surface area contributed by atoms with Gasteiger partial charge in [0.2, 0.25) is 0 Å². The summed E-state index contributed by atoms with van der Waals surface area (Å²) in [6.45, 7) is 3.03. The van der Waals surface area contributed by atoms with E-state index in [9.17, 15) is 0 Å². The predicted octanol–water partition coefficient (Wildman–Crippen LogP) is 3.57. The molecule has 0 aliphatic heterocycles. The molecule has 0 saturated heterocycles. The molecule has 1 aromatic carbocycles. The van der Waals surface area contributed by atoms with E-state index in [1.807, 2.05) is 28.5 Å². The molecule has 108 valence electrons. The summed E-state index contributed by atoms with van der Waals surface area (Å²) in [6, 6.07) is 10.7. The van der Waals surface area contributed by atoms with Crippen molar-refractivity contribution < 1.29 is 0 Å². The number of rotatable bonds is 6. The molecule has 0 radical (unpaired) electrons. The molecule has 0 fully saturated rings. The Morgan fingerprint density at radius 2 is 2.10 bits per heavy atom. The number of thiazole rings is 1. The number of hydrogen-bond acceptors (Lipinski definition) is 4. The van der Waals surface area contributed by atoms with Crippen LogP contribution in [0.25, 0.3) is 5.69 Å². The molecule has 1 N–H and O–H groups in total. The average molecular weight is 298 g/mol. The fourth-order valence-corrected chi connectivity index (χ4v) is 3.04. The SMILES string of the molecule is CCC(NCc1ccc(-n2cccn2)cc1)c1nccs1. The van der Waals surface area contributed by atoms with E-state index in [4.69, 9.17) is 0 Å². The summed E-state index contributed by atoms with van der Waals surface area (Å²) in [5.41, 5.74) is 2.34. The van der Waals surface area contributed by atoms with Crippen LogP contribution in [0.1, 0.15) is 30.0 Å². The van der Waals surface area contributed by atoms with E-state index in [0.717, 1.165) is 23.7 Å². The van der Waals surface area contributed by atoms with Crippen LogP contribution in [0.4, 0.5) is 0 Å². The van der Waals surface area contributed by atoms with E-state index >= 15 is 0 Å². The quantitative estimate of drug-likeness (QED) is 0.756. The van der Waals surface area contributed by atoms with Gasteiger partial charge in [0.05, 0.1) is 11.7 Å². The molecular weight excluding hydrogens is 280 g/mol. The van der Waals surface area contributed by atoms with E-state index in [1.54, 1.807) is 17.5 Å². The molecule has 21 heavy (non-hydrogen) atoms. The van der Waals surface area contributed by atoms with Crippen molar-refractivity contribution in [3.63, 3.8) is 0 Å². The summed E-state index contributed by atoms with van der Waals surface area (Å²) in [5, 5.41) is 11.0. The molecule has 0 aliphatic carbocycles. The first-order chi connectivity index (χ1) is 10.4. The largest absolute Gasteiger partial charge is 0.304 e. The normalized spacial score (nSPS) is 12.4. The molecule has 0 bridgehead atoms. The second-order valence-electron chi connectivity index (χ2n) is 4.83. The molecular formula is C16H18N4S. The topological polar surface area (TPSA) is 42.7 Å². The molecule has 5 heteroatoms. The second kappa shape index (κ2) is 6.65. The lowest BCUT2D eigenvalue weighted by Gasteiger charge is -2.14. The molecule has 4 nitrogen and oxygen atoms in total. The Morgan fingerprint density at radius 1 is 1.24 bits per heavy atom. The molecule has 0 amide bonds. The summed E-state index contributed by atoms with van der Waals surface area (Å²) >= 11 is 1.71. The minimum atomic E-state index is 0.329. The van der Waals surface area contributed by atoms with Crippen molar-refractivity contribution in [3.8, 4) is 5.69 Å². The summed E-state index contributed by atoms with van der Waals surface area (Å²) in [4.78, 5) is 4.39. The second-order valence-corrected chi connectivity index (χ2v) is 5.76. The highest BCUT2D eigenvalue weighted by Gasteiger charge is 2.10. The minimum Gasteiger partial charge on any atom is -0.304 e. The molecule has 2 aromatic heterocycles. The lowest BCUT2D eigenvalue weighted by atomic mass is 10.1. The lowest BCUT2D eigenvalue weighted by Crippen LogP contribution is -2.20. The lowest BCUT2D eigenvalue weighted by molar-refractivity contribution is 0.516. The van der Waals surface area contributed by atoms with Crippen molar-refractivity contribution in [2.24, 2.45) is 0 Å². The Kier molecular flexibility index (Phi) is 4.43. The van der Waals surface area contributed by atoms with Crippen LogP contribution in [-0.2, 0) is 6.54 Å². The van der Waals surface area contributed by atoms with Gasteiger partial charge in [0.1, 0.15) is 5.01 Å². The highest BCUT2D eigenvalue weighted by Crippen LogP contribution is 2.19. The molecule has 0 spiro atoms. The van der Waals surface area contributed by atoms with Gasteiger partial charge in [-0.2, -0.15) is 5.10 Å².